The third kappa shape index (κ3) is 3.71. The van der Waals surface area contributed by atoms with Crippen LogP contribution in [-0.4, -0.2) is 35.3 Å². The largest absolute Gasteiger partial charge is 0.434 e. The van der Waals surface area contributed by atoms with Gasteiger partial charge in [0.25, 0.3) is 0 Å². The molecule has 1 saturated heterocycles. The van der Waals surface area contributed by atoms with E-state index in [9.17, 15) is 13.9 Å². The average Bonchev–Trinajstić information content (AvgIpc) is 2.36. The van der Waals surface area contributed by atoms with E-state index in [0.717, 1.165) is 12.1 Å². The molecule has 1 aliphatic heterocycles. The molecule has 21 heavy (non-hydrogen) atoms. The Morgan fingerprint density at radius 3 is 2.57 bits per heavy atom. The lowest BCUT2D eigenvalue weighted by Crippen LogP contribution is -2.55. The Labute approximate surface area is 124 Å². The van der Waals surface area contributed by atoms with Crippen molar-refractivity contribution in [3.05, 3.63) is 29.8 Å². The molecule has 1 N–H and O–H groups in total. The summed E-state index contributed by atoms with van der Waals surface area (Å²) in [5.41, 5.74) is -0.207. The Kier molecular flexibility index (Phi) is 4.54. The normalized spacial score (nSPS) is 26.0. The molecule has 118 valence electrons. The highest BCUT2D eigenvalue weighted by Gasteiger charge is 2.43. The number of hydrogen-bond acceptors (Lipinski definition) is 3. The SMILES string of the molecule is CC1(C)CN(Cc2ccccc2OC(F)F)CC[C@]1(C)O. The zero-order valence-corrected chi connectivity index (χ0v) is 12.8. The number of rotatable bonds is 4. The molecule has 1 heterocycles. The average molecular weight is 299 g/mol. The summed E-state index contributed by atoms with van der Waals surface area (Å²) in [5, 5.41) is 10.4. The summed E-state index contributed by atoms with van der Waals surface area (Å²) in [4.78, 5) is 2.17. The molecule has 5 heteroatoms. The molecule has 0 bridgehead atoms. The van der Waals surface area contributed by atoms with Crippen molar-refractivity contribution in [1.29, 1.82) is 0 Å². The number of ether oxygens (including phenoxy) is 1. The summed E-state index contributed by atoms with van der Waals surface area (Å²) in [6, 6.07) is 6.87. The summed E-state index contributed by atoms with van der Waals surface area (Å²) in [7, 11) is 0. The van der Waals surface area contributed by atoms with Gasteiger partial charge in [0.2, 0.25) is 0 Å². The van der Waals surface area contributed by atoms with E-state index in [-0.39, 0.29) is 11.2 Å². The number of alkyl halides is 2. The molecular formula is C16H23F2NO2. The highest BCUT2D eigenvalue weighted by atomic mass is 19.3. The Balaban J connectivity index is 2.09. The summed E-state index contributed by atoms with van der Waals surface area (Å²) >= 11 is 0. The molecular weight excluding hydrogens is 276 g/mol. The maximum atomic E-state index is 12.4. The first-order valence-electron chi connectivity index (χ1n) is 7.19. The molecule has 0 amide bonds. The number of nitrogens with zero attached hydrogens (tertiary/aromatic N) is 1. The molecule has 3 nitrogen and oxygen atoms in total. The lowest BCUT2D eigenvalue weighted by atomic mass is 9.71. The van der Waals surface area contributed by atoms with Gasteiger partial charge < -0.3 is 9.84 Å². The van der Waals surface area contributed by atoms with Crippen LogP contribution in [0.1, 0.15) is 32.8 Å². The summed E-state index contributed by atoms with van der Waals surface area (Å²) in [6.45, 7) is 5.09. The van der Waals surface area contributed by atoms with Crippen molar-refractivity contribution in [1.82, 2.24) is 4.90 Å². The van der Waals surface area contributed by atoms with Gasteiger partial charge in [-0.1, -0.05) is 32.0 Å². The Bertz CT molecular complexity index is 489. The minimum absolute atomic E-state index is 0.225. The number of benzene rings is 1. The third-order valence-electron chi connectivity index (χ3n) is 4.57. The van der Waals surface area contributed by atoms with Gasteiger partial charge in [-0.25, -0.2) is 0 Å². The maximum Gasteiger partial charge on any atom is 0.387 e. The summed E-state index contributed by atoms with van der Waals surface area (Å²) < 4.78 is 29.4. The van der Waals surface area contributed by atoms with Crippen molar-refractivity contribution < 1.29 is 18.6 Å². The Hall–Kier alpha value is -1.20. The first kappa shape index (κ1) is 16.2. The maximum absolute atomic E-state index is 12.4. The smallest absolute Gasteiger partial charge is 0.387 e. The van der Waals surface area contributed by atoms with E-state index in [1.54, 1.807) is 18.2 Å². The summed E-state index contributed by atoms with van der Waals surface area (Å²) in [6.07, 6.45) is 0.665. The van der Waals surface area contributed by atoms with E-state index in [2.05, 4.69) is 9.64 Å². The molecule has 1 atom stereocenters. The van der Waals surface area contributed by atoms with E-state index >= 15 is 0 Å². The van der Waals surface area contributed by atoms with Crippen molar-refractivity contribution in [2.24, 2.45) is 5.41 Å². The monoisotopic (exact) mass is 299 g/mol. The van der Waals surface area contributed by atoms with Gasteiger partial charge in [0.1, 0.15) is 5.75 Å². The van der Waals surface area contributed by atoms with Crippen molar-refractivity contribution in [3.63, 3.8) is 0 Å². The highest BCUT2D eigenvalue weighted by Crippen LogP contribution is 2.39. The van der Waals surface area contributed by atoms with Crippen molar-refractivity contribution in [2.75, 3.05) is 13.1 Å². The van der Waals surface area contributed by atoms with Gasteiger partial charge in [0.05, 0.1) is 5.60 Å². The van der Waals surface area contributed by atoms with Crippen molar-refractivity contribution in [2.45, 2.75) is 45.9 Å². The van der Waals surface area contributed by atoms with Gasteiger partial charge in [-0.15, -0.1) is 0 Å². The molecule has 1 aromatic rings. The molecule has 0 aromatic heterocycles. The van der Waals surface area contributed by atoms with Gasteiger partial charge in [-0.05, 0) is 19.4 Å². The fraction of sp³-hybridized carbons (Fsp3) is 0.625. The quantitative estimate of drug-likeness (QED) is 0.926. The highest BCUT2D eigenvalue weighted by molar-refractivity contribution is 5.33. The molecule has 0 saturated carbocycles. The second-order valence-corrected chi connectivity index (χ2v) is 6.60. The summed E-state index contributed by atoms with van der Waals surface area (Å²) in [5.74, 6) is 0.225. The van der Waals surface area contributed by atoms with Crippen molar-refractivity contribution >= 4 is 0 Å². The van der Waals surface area contributed by atoms with Crippen LogP contribution in [0.5, 0.6) is 5.75 Å². The third-order valence-corrected chi connectivity index (χ3v) is 4.57. The van der Waals surface area contributed by atoms with Crippen LogP contribution >= 0.6 is 0 Å². The van der Waals surface area contributed by atoms with Crippen LogP contribution < -0.4 is 4.74 Å². The second-order valence-electron chi connectivity index (χ2n) is 6.60. The number of aliphatic hydroxyl groups is 1. The standard InChI is InChI=1S/C16H23F2NO2/c1-15(2)11-19(9-8-16(15,3)20)10-12-6-4-5-7-13(12)21-14(17)18/h4-7,14,20H,8-11H2,1-3H3/t16-/m0/s1. The first-order valence-corrected chi connectivity index (χ1v) is 7.19. The Morgan fingerprint density at radius 1 is 1.29 bits per heavy atom. The van der Waals surface area contributed by atoms with Gasteiger partial charge in [0.15, 0.2) is 0 Å². The fourth-order valence-corrected chi connectivity index (χ4v) is 2.74. The lowest BCUT2D eigenvalue weighted by Gasteiger charge is -2.48. The second kappa shape index (κ2) is 5.89. The molecule has 1 fully saturated rings. The molecule has 0 aliphatic carbocycles. The predicted octanol–water partition coefficient (Wildman–Crippen LogP) is 3.27. The Morgan fingerprint density at radius 2 is 1.95 bits per heavy atom. The van der Waals surface area contributed by atoms with Crippen LogP contribution in [-0.2, 0) is 6.54 Å². The minimum atomic E-state index is -2.82. The molecule has 0 radical (unpaired) electrons. The first-order chi connectivity index (χ1) is 9.71. The van der Waals surface area contributed by atoms with Crippen LogP contribution in [0, 0.1) is 5.41 Å². The van der Waals surface area contributed by atoms with E-state index in [0.29, 0.717) is 19.5 Å². The number of piperidine rings is 1. The lowest BCUT2D eigenvalue weighted by molar-refractivity contribution is -0.107. The number of hydrogen-bond donors (Lipinski definition) is 1. The number of halogens is 2. The van der Waals surface area contributed by atoms with Gasteiger partial charge in [0, 0.05) is 30.6 Å². The van der Waals surface area contributed by atoms with Gasteiger partial charge >= 0.3 is 6.61 Å². The minimum Gasteiger partial charge on any atom is -0.434 e. The van der Waals surface area contributed by atoms with Crippen molar-refractivity contribution in [3.8, 4) is 5.75 Å². The van der Waals surface area contributed by atoms with E-state index in [4.69, 9.17) is 0 Å². The molecule has 0 spiro atoms. The van der Waals surface area contributed by atoms with Crippen LogP contribution in [0.15, 0.2) is 24.3 Å². The molecule has 2 rings (SSSR count). The van der Waals surface area contributed by atoms with E-state index in [1.807, 2.05) is 26.8 Å². The molecule has 0 unspecified atom stereocenters. The van der Waals surface area contributed by atoms with Crippen LogP contribution in [0.4, 0.5) is 8.78 Å². The van der Waals surface area contributed by atoms with Gasteiger partial charge in [-0.3, -0.25) is 4.90 Å². The zero-order valence-electron chi connectivity index (χ0n) is 12.8. The van der Waals surface area contributed by atoms with E-state index < -0.39 is 12.2 Å². The van der Waals surface area contributed by atoms with Crippen LogP contribution in [0.3, 0.4) is 0 Å². The van der Waals surface area contributed by atoms with Gasteiger partial charge in [-0.2, -0.15) is 8.78 Å². The van der Waals surface area contributed by atoms with E-state index in [1.165, 1.54) is 0 Å². The van der Waals surface area contributed by atoms with Crippen LogP contribution in [0.2, 0.25) is 0 Å². The topological polar surface area (TPSA) is 32.7 Å². The number of likely N-dealkylation sites (tertiary alicyclic amines) is 1. The fourth-order valence-electron chi connectivity index (χ4n) is 2.74. The predicted molar refractivity (Wildman–Crippen MR) is 77.4 cm³/mol. The zero-order chi connectivity index (χ0) is 15.7. The molecule has 1 aromatic carbocycles. The number of para-hydroxylation sites is 1. The molecule has 1 aliphatic rings. The van der Waals surface area contributed by atoms with Crippen LogP contribution in [0.25, 0.3) is 0 Å².